The van der Waals surface area contributed by atoms with E-state index in [0.29, 0.717) is 13.0 Å². The summed E-state index contributed by atoms with van der Waals surface area (Å²) in [6.45, 7) is 6.08. The number of nitrogens with zero attached hydrogens (tertiary/aromatic N) is 1. The highest BCUT2D eigenvalue weighted by atomic mass is 32.2. The van der Waals surface area contributed by atoms with Crippen LogP contribution in [0.2, 0.25) is 0 Å². The van der Waals surface area contributed by atoms with Crippen molar-refractivity contribution >= 4 is 15.8 Å². The van der Waals surface area contributed by atoms with Crippen molar-refractivity contribution in [3.8, 4) is 0 Å². The third kappa shape index (κ3) is 2.00. The van der Waals surface area contributed by atoms with Gasteiger partial charge in [-0.2, -0.15) is 4.31 Å². The van der Waals surface area contributed by atoms with Crippen LogP contribution >= 0.6 is 0 Å². The molecule has 5 nitrogen and oxygen atoms in total. The quantitative estimate of drug-likeness (QED) is 0.770. The van der Waals surface area contributed by atoms with Gasteiger partial charge in [-0.15, -0.1) is 0 Å². The molecule has 0 unspecified atom stereocenters. The fraction of sp³-hybridized carbons (Fsp3) is 0.500. The third-order valence-electron chi connectivity index (χ3n) is 5.63. The summed E-state index contributed by atoms with van der Waals surface area (Å²) >= 11 is 0. The molecule has 0 aliphatic carbocycles. The maximum Gasteiger partial charge on any atom is 0.243 e. The number of ether oxygens (including phenoxy) is 1. The Balaban J connectivity index is 1.77. The van der Waals surface area contributed by atoms with E-state index in [1.807, 2.05) is 26.8 Å². The van der Waals surface area contributed by atoms with Crippen LogP contribution in [-0.4, -0.2) is 42.3 Å². The monoisotopic (exact) mass is 347 g/mol. The number of hydrogen-bond donors (Lipinski definition) is 0. The van der Waals surface area contributed by atoms with Crippen molar-refractivity contribution in [2.45, 2.75) is 55.8 Å². The largest absolute Gasteiger partial charge is 0.358 e. The predicted octanol–water partition coefficient (Wildman–Crippen LogP) is 2.20. The number of sulfonamides is 1. The number of benzene rings is 1. The Labute approximate surface area is 142 Å². The number of carbonyl (C=O) groups is 1. The SMILES string of the molecule is CC1=C[C@]23CCN(S(=O)(=O)c4ccc(C)cc4)[C@H]2C(=O)C[C@@]1(C)O3. The van der Waals surface area contributed by atoms with Gasteiger partial charge in [0.05, 0.1) is 10.5 Å². The second-order valence-corrected chi connectivity index (χ2v) is 9.23. The van der Waals surface area contributed by atoms with Gasteiger partial charge in [0.1, 0.15) is 11.6 Å². The van der Waals surface area contributed by atoms with Crippen LogP contribution in [0, 0.1) is 6.92 Å². The smallest absolute Gasteiger partial charge is 0.243 e. The Kier molecular flexibility index (Phi) is 3.18. The van der Waals surface area contributed by atoms with Crippen molar-refractivity contribution in [2.75, 3.05) is 6.54 Å². The van der Waals surface area contributed by atoms with Crippen molar-refractivity contribution in [3.63, 3.8) is 0 Å². The van der Waals surface area contributed by atoms with Gasteiger partial charge >= 0.3 is 0 Å². The molecule has 3 heterocycles. The molecule has 2 fully saturated rings. The lowest BCUT2D eigenvalue weighted by Crippen LogP contribution is -2.57. The highest BCUT2D eigenvalue weighted by Crippen LogP contribution is 2.52. The van der Waals surface area contributed by atoms with E-state index in [9.17, 15) is 13.2 Å². The topological polar surface area (TPSA) is 63.7 Å². The van der Waals surface area contributed by atoms with E-state index in [0.717, 1.165) is 11.1 Å². The van der Waals surface area contributed by atoms with Crippen LogP contribution in [0.4, 0.5) is 0 Å². The minimum absolute atomic E-state index is 0.0509. The van der Waals surface area contributed by atoms with E-state index in [1.165, 1.54) is 4.31 Å². The molecule has 0 aromatic heterocycles. The minimum atomic E-state index is -3.72. The molecule has 4 rings (SSSR count). The maximum absolute atomic E-state index is 13.1. The molecule has 0 amide bonds. The van der Waals surface area contributed by atoms with Gasteiger partial charge in [0.25, 0.3) is 0 Å². The lowest BCUT2D eigenvalue weighted by Gasteiger charge is -2.41. The Morgan fingerprint density at radius 3 is 2.54 bits per heavy atom. The molecular formula is C18H21NO4S. The Hall–Kier alpha value is -1.50. The fourth-order valence-electron chi connectivity index (χ4n) is 4.24. The number of ketones is 1. The van der Waals surface area contributed by atoms with Crippen LogP contribution < -0.4 is 0 Å². The number of carbonyl (C=O) groups excluding carboxylic acids is 1. The molecule has 1 aromatic carbocycles. The van der Waals surface area contributed by atoms with Crippen molar-refractivity contribution in [3.05, 3.63) is 41.5 Å². The summed E-state index contributed by atoms with van der Waals surface area (Å²) in [5, 5.41) is 0. The van der Waals surface area contributed by atoms with Crippen LogP contribution in [0.5, 0.6) is 0 Å². The van der Waals surface area contributed by atoms with Gasteiger partial charge in [-0.25, -0.2) is 8.42 Å². The molecule has 3 aliphatic rings. The van der Waals surface area contributed by atoms with Gasteiger partial charge in [-0.05, 0) is 51.0 Å². The van der Waals surface area contributed by atoms with Crippen LogP contribution in [-0.2, 0) is 19.6 Å². The maximum atomic E-state index is 13.1. The van der Waals surface area contributed by atoms with Crippen molar-refractivity contribution < 1.29 is 17.9 Å². The van der Waals surface area contributed by atoms with Crippen LogP contribution in [0.1, 0.15) is 32.3 Å². The molecule has 3 aliphatic heterocycles. The van der Waals surface area contributed by atoms with E-state index in [1.54, 1.807) is 24.3 Å². The van der Waals surface area contributed by atoms with Gasteiger partial charge in [-0.3, -0.25) is 4.79 Å². The van der Waals surface area contributed by atoms with E-state index in [4.69, 9.17) is 4.74 Å². The summed E-state index contributed by atoms with van der Waals surface area (Å²) in [5.41, 5.74) is 0.630. The lowest BCUT2D eigenvalue weighted by molar-refractivity contribution is -0.158. The molecular weight excluding hydrogens is 326 g/mol. The molecule has 1 aromatic rings. The van der Waals surface area contributed by atoms with Crippen LogP contribution in [0.15, 0.2) is 40.8 Å². The Morgan fingerprint density at radius 2 is 1.88 bits per heavy atom. The van der Waals surface area contributed by atoms with E-state index in [-0.39, 0.29) is 17.1 Å². The molecule has 0 saturated carbocycles. The first-order valence-corrected chi connectivity index (χ1v) is 9.63. The van der Waals surface area contributed by atoms with Gasteiger partial charge in [0, 0.05) is 13.0 Å². The molecule has 128 valence electrons. The first-order valence-electron chi connectivity index (χ1n) is 8.19. The first kappa shape index (κ1) is 16.0. The van der Waals surface area contributed by atoms with Crippen LogP contribution in [0.25, 0.3) is 0 Å². The fourth-order valence-corrected chi connectivity index (χ4v) is 5.90. The van der Waals surface area contributed by atoms with Crippen LogP contribution in [0.3, 0.4) is 0 Å². The van der Waals surface area contributed by atoms with Crippen molar-refractivity contribution in [2.24, 2.45) is 0 Å². The minimum Gasteiger partial charge on any atom is -0.358 e. The second-order valence-electron chi connectivity index (χ2n) is 7.34. The molecule has 2 bridgehead atoms. The summed E-state index contributed by atoms with van der Waals surface area (Å²) in [5.74, 6) is -0.0509. The predicted molar refractivity (Wildman–Crippen MR) is 89.1 cm³/mol. The number of rotatable bonds is 2. The Bertz CT molecular complexity index is 858. The summed E-state index contributed by atoms with van der Waals surface area (Å²) < 4.78 is 33.7. The van der Waals surface area contributed by atoms with Gasteiger partial charge < -0.3 is 4.74 Å². The summed E-state index contributed by atoms with van der Waals surface area (Å²) in [6, 6.07) is 5.99. The summed E-state index contributed by atoms with van der Waals surface area (Å²) in [4.78, 5) is 13.0. The van der Waals surface area contributed by atoms with E-state index in [2.05, 4.69) is 0 Å². The zero-order chi connectivity index (χ0) is 17.3. The number of aryl methyl sites for hydroxylation is 1. The molecule has 24 heavy (non-hydrogen) atoms. The average molecular weight is 347 g/mol. The highest BCUT2D eigenvalue weighted by Gasteiger charge is 2.64. The molecule has 2 saturated heterocycles. The molecule has 0 radical (unpaired) electrons. The third-order valence-corrected chi connectivity index (χ3v) is 7.51. The molecule has 1 spiro atoms. The summed E-state index contributed by atoms with van der Waals surface area (Å²) in [6.07, 6.45) is 2.72. The first-order chi connectivity index (χ1) is 11.2. The zero-order valence-electron chi connectivity index (χ0n) is 14.1. The van der Waals surface area contributed by atoms with Gasteiger partial charge in [0.15, 0.2) is 5.78 Å². The zero-order valence-corrected chi connectivity index (χ0v) is 14.9. The van der Waals surface area contributed by atoms with Gasteiger partial charge in [0.2, 0.25) is 10.0 Å². The van der Waals surface area contributed by atoms with E-state index < -0.39 is 27.3 Å². The second kappa shape index (κ2) is 4.77. The van der Waals surface area contributed by atoms with Crippen molar-refractivity contribution in [1.29, 1.82) is 0 Å². The normalized spacial score (nSPS) is 35.9. The highest BCUT2D eigenvalue weighted by molar-refractivity contribution is 7.89. The lowest BCUT2D eigenvalue weighted by atomic mass is 9.86. The number of fused-ring (bicyclic) bond motifs is 1. The molecule has 3 atom stereocenters. The standard InChI is InChI=1S/C18H21NO4S/c1-12-4-6-14(7-5-12)24(21,22)19-9-8-18-10-13(2)17(3,23-18)11-15(20)16(18)19/h4-7,10,16H,8-9,11H2,1-3H3/t16-,17+,18+/m0/s1. The van der Waals surface area contributed by atoms with E-state index >= 15 is 0 Å². The van der Waals surface area contributed by atoms with Gasteiger partial charge in [-0.1, -0.05) is 17.7 Å². The molecule has 0 N–H and O–H groups in total. The summed E-state index contributed by atoms with van der Waals surface area (Å²) in [7, 11) is -3.72. The Morgan fingerprint density at radius 1 is 1.21 bits per heavy atom. The molecule has 6 heteroatoms. The number of Topliss-reactive ketones (excluding diaryl/α,β-unsaturated/α-hetero) is 1. The average Bonchev–Trinajstić information content (AvgIpc) is 2.96. The number of hydrogen-bond acceptors (Lipinski definition) is 4. The van der Waals surface area contributed by atoms with Crippen molar-refractivity contribution in [1.82, 2.24) is 4.31 Å².